The zero-order valence-electron chi connectivity index (χ0n) is 16.4. The highest BCUT2D eigenvalue weighted by atomic mass is 16.5. The second-order valence-electron chi connectivity index (χ2n) is 6.28. The molecule has 0 bridgehead atoms. The Morgan fingerprint density at radius 1 is 0.920 bits per heavy atom. The molecule has 136 valence electrons. The van der Waals surface area contributed by atoms with Crippen molar-refractivity contribution in [3.63, 3.8) is 0 Å². The van der Waals surface area contributed by atoms with E-state index in [1.165, 1.54) is 16.7 Å². The van der Waals surface area contributed by atoms with Crippen molar-refractivity contribution < 1.29 is 9.47 Å². The number of aryl methyl sites for hydroxylation is 1. The van der Waals surface area contributed by atoms with Gasteiger partial charge in [0.15, 0.2) is 0 Å². The Balaban J connectivity index is 2.44. The molecule has 2 heteroatoms. The Kier molecular flexibility index (Phi) is 10.2. The van der Waals surface area contributed by atoms with Gasteiger partial charge in [-0.3, -0.25) is 0 Å². The van der Waals surface area contributed by atoms with Gasteiger partial charge in [0.05, 0.1) is 14.2 Å². The number of hydrogen-bond acceptors (Lipinski definition) is 2. The van der Waals surface area contributed by atoms with Gasteiger partial charge in [-0.05, 0) is 57.2 Å². The van der Waals surface area contributed by atoms with Crippen LogP contribution >= 0.6 is 0 Å². The molecular weight excluding hydrogens is 308 g/mol. The summed E-state index contributed by atoms with van der Waals surface area (Å²) < 4.78 is 10.6. The summed E-state index contributed by atoms with van der Waals surface area (Å²) in [6.07, 6.45) is 10.7. The summed E-state index contributed by atoms with van der Waals surface area (Å²) >= 11 is 0. The summed E-state index contributed by atoms with van der Waals surface area (Å²) in [5, 5.41) is 0. The first-order valence-electron chi connectivity index (χ1n) is 9.08. The molecule has 0 aromatic heterocycles. The first-order chi connectivity index (χ1) is 12.1. The number of benzene rings is 1. The third-order valence-electron chi connectivity index (χ3n) is 4.04. The van der Waals surface area contributed by atoms with Gasteiger partial charge in [-0.1, -0.05) is 36.1 Å². The van der Waals surface area contributed by atoms with Crippen LogP contribution in [0.1, 0.15) is 58.4 Å². The van der Waals surface area contributed by atoms with Crippen molar-refractivity contribution in [2.24, 2.45) is 0 Å². The molecule has 0 aliphatic heterocycles. The van der Waals surface area contributed by atoms with Gasteiger partial charge in [-0.2, -0.15) is 0 Å². The fourth-order valence-electron chi connectivity index (χ4n) is 2.54. The van der Waals surface area contributed by atoms with Crippen LogP contribution in [-0.4, -0.2) is 14.2 Å². The average Bonchev–Trinajstić information content (AvgIpc) is 2.61. The van der Waals surface area contributed by atoms with E-state index >= 15 is 0 Å². The largest absolute Gasteiger partial charge is 0.497 e. The first-order valence-corrected chi connectivity index (χ1v) is 9.08. The monoisotopic (exact) mass is 340 g/mol. The van der Waals surface area contributed by atoms with Crippen LogP contribution in [0.5, 0.6) is 11.5 Å². The van der Waals surface area contributed by atoms with E-state index in [2.05, 4.69) is 56.9 Å². The molecule has 0 amide bonds. The van der Waals surface area contributed by atoms with Crippen molar-refractivity contribution in [1.29, 1.82) is 0 Å². The smallest absolute Gasteiger partial charge is 0.122 e. The fourth-order valence-corrected chi connectivity index (χ4v) is 2.54. The van der Waals surface area contributed by atoms with Crippen molar-refractivity contribution in [3.8, 4) is 23.3 Å². The van der Waals surface area contributed by atoms with E-state index in [0.717, 1.165) is 50.0 Å². The molecule has 0 aliphatic carbocycles. The summed E-state index contributed by atoms with van der Waals surface area (Å²) in [6.45, 7) is 6.47. The second-order valence-corrected chi connectivity index (χ2v) is 6.28. The molecule has 0 heterocycles. The van der Waals surface area contributed by atoms with Crippen LogP contribution in [0.25, 0.3) is 0 Å². The number of allylic oxidation sites excluding steroid dienone is 4. The maximum absolute atomic E-state index is 5.32. The lowest BCUT2D eigenvalue weighted by Gasteiger charge is -2.08. The van der Waals surface area contributed by atoms with Crippen LogP contribution in [0, 0.1) is 11.8 Å². The van der Waals surface area contributed by atoms with Gasteiger partial charge in [-0.15, -0.1) is 5.92 Å². The summed E-state index contributed by atoms with van der Waals surface area (Å²) in [4.78, 5) is 0. The molecule has 0 radical (unpaired) electrons. The predicted octanol–water partition coefficient (Wildman–Crippen LogP) is 6.11. The van der Waals surface area contributed by atoms with Gasteiger partial charge < -0.3 is 9.47 Å². The van der Waals surface area contributed by atoms with Crippen molar-refractivity contribution in [2.45, 2.75) is 59.3 Å². The minimum Gasteiger partial charge on any atom is -0.497 e. The molecule has 0 unspecified atom stereocenters. The van der Waals surface area contributed by atoms with E-state index in [9.17, 15) is 0 Å². The molecule has 0 aliphatic rings. The van der Waals surface area contributed by atoms with Crippen LogP contribution in [-0.2, 0) is 6.42 Å². The van der Waals surface area contributed by atoms with Gasteiger partial charge >= 0.3 is 0 Å². The van der Waals surface area contributed by atoms with E-state index in [1.54, 1.807) is 14.2 Å². The molecule has 1 aromatic carbocycles. The fraction of sp³-hybridized carbons (Fsp3) is 0.478. The van der Waals surface area contributed by atoms with Crippen molar-refractivity contribution in [3.05, 3.63) is 47.1 Å². The summed E-state index contributed by atoms with van der Waals surface area (Å²) in [5.74, 6) is 8.01. The van der Waals surface area contributed by atoms with Gasteiger partial charge in [0, 0.05) is 18.9 Å². The molecule has 0 N–H and O–H groups in total. The Morgan fingerprint density at radius 3 is 2.16 bits per heavy atom. The Morgan fingerprint density at radius 2 is 1.56 bits per heavy atom. The molecule has 2 nitrogen and oxygen atoms in total. The Labute approximate surface area is 153 Å². The van der Waals surface area contributed by atoms with E-state index in [4.69, 9.17) is 9.47 Å². The van der Waals surface area contributed by atoms with Gasteiger partial charge in [0.1, 0.15) is 11.5 Å². The molecule has 1 aromatic rings. The topological polar surface area (TPSA) is 18.5 Å². The van der Waals surface area contributed by atoms with Gasteiger partial charge in [0.25, 0.3) is 0 Å². The lowest BCUT2D eigenvalue weighted by Crippen LogP contribution is -1.91. The van der Waals surface area contributed by atoms with Gasteiger partial charge in [-0.25, -0.2) is 0 Å². The Hall–Kier alpha value is -2.14. The highest BCUT2D eigenvalue weighted by Gasteiger charge is 2.01. The standard InChI is InChI=1S/C23H32O2/c1-6-7-8-11-19(2)12-9-13-20(3)14-10-15-21-16-22(24-4)18-23(17-21)25-5/h12,14,16-18H,6,9-11,13,15H2,1-5H3/b19-12+,20-14+. The number of methoxy groups -OCH3 is 2. The van der Waals surface area contributed by atoms with E-state index in [0.29, 0.717) is 0 Å². The minimum atomic E-state index is 0.849. The molecule has 1 rings (SSSR count). The average molecular weight is 341 g/mol. The minimum absolute atomic E-state index is 0.849. The third kappa shape index (κ3) is 9.05. The SMILES string of the molecule is CCC#CC/C(C)=C/CC/C(C)=C/CCc1cc(OC)cc(OC)c1. The van der Waals surface area contributed by atoms with Crippen molar-refractivity contribution in [2.75, 3.05) is 14.2 Å². The van der Waals surface area contributed by atoms with Crippen molar-refractivity contribution in [1.82, 2.24) is 0 Å². The predicted molar refractivity (Wildman–Crippen MR) is 107 cm³/mol. The van der Waals surface area contributed by atoms with Crippen molar-refractivity contribution >= 4 is 0 Å². The highest BCUT2D eigenvalue weighted by molar-refractivity contribution is 5.38. The lowest BCUT2D eigenvalue weighted by molar-refractivity contribution is 0.393. The zero-order chi connectivity index (χ0) is 18.5. The van der Waals surface area contributed by atoms with Crippen LogP contribution in [0.15, 0.2) is 41.5 Å². The maximum atomic E-state index is 5.32. The van der Waals surface area contributed by atoms with E-state index in [1.807, 2.05) is 6.07 Å². The van der Waals surface area contributed by atoms with Crippen LogP contribution < -0.4 is 9.47 Å². The molecule has 0 saturated heterocycles. The summed E-state index contributed by atoms with van der Waals surface area (Å²) in [6, 6.07) is 6.06. The van der Waals surface area contributed by atoms with Crippen LogP contribution in [0.3, 0.4) is 0 Å². The third-order valence-corrected chi connectivity index (χ3v) is 4.04. The summed E-state index contributed by atoms with van der Waals surface area (Å²) in [5.41, 5.74) is 4.06. The zero-order valence-corrected chi connectivity index (χ0v) is 16.4. The second kappa shape index (κ2) is 12.3. The van der Waals surface area contributed by atoms with Crippen LogP contribution in [0.4, 0.5) is 0 Å². The van der Waals surface area contributed by atoms with E-state index < -0.39 is 0 Å². The van der Waals surface area contributed by atoms with Gasteiger partial charge in [0.2, 0.25) is 0 Å². The molecule has 0 saturated carbocycles. The molecule has 0 atom stereocenters. The van der Waals surface area contributed by atoms with Crippen LogP contribution in [0.2, 0.25) is 0 Å². The molecule has 0 spiro atoms. The maximum Gasteiger partial charge on any atom is 0.122 e. The number of hydrogen-bond donors (Lipinski definition) is 0. The normalized spacial score (nSPS) is 11.7. The quantitative estimate of drug-likeness (QED) is 0.399. The highest BCUT2D eigenvalue weighted by Crippen LogP contribution is 2.23. The molecule has 25 heavy (non-hydrogen) atoms. The summed E-state index contributed by atoms with van der Waals surface area (Å²) in [7, 11) is 3.37. The molecular formula is C23H32O2. The number of ether oxygens (including phenoxy) is 2. The first kappa shape index (κ1) is 20.9. The lowest BCUT2D eigenvalue weighted by atomic mass is 10.0. The molecule has 0 fully saturated rings. The number of rotatable bonds is 9. The Bertz CT molecular complexity index is 620. The van der Waals surface area contributed by atoms with E-state index in [-0.39, 0.29) is 0 Å².